The van der Waals surface area contributed by atoms with Crippen LogP contribution in [0, 0.1) is 11.8 Å². The zero-order valence-corrected chi connectivity index (χ0v) is 12.2. The molecule has 0 spiro atoms. The second kappa shape index (κ2) is 7.76. The van der Waals surface area contributed by atoms with Crippen molar-refractivity contribution in [2.75, 3.05) is 13.7 Å². The van der Waals surface area contributed by atoms with Gasteiger partial charge in [-0.3, -0.25) is 0 Å². The summed E-state index contributed by atoms with van der Waals surface area (Å²) in [6.07, 6.45) is 0. The molecule has 0 heterocycles. The van der Waals surface area contributed by atoms with Gasteiger partial charge in [-0.25, -0.2) is 4.99 Å². The molecule has 0 saturated carbocycles. The minimum absolute atomic E-state index is 0.409. The highest BCUT2D eigenvalue weighted by atomic mass is 16.5. The summed E-state index contributed by atoms with van der Waals surface area (Å²) in [7, 11) is 1.63. The summed E-state index contributed by atoms with van der Waals surface area (Å²) in [6.45, 7) is 2.44. The van der Waals surface area contributed by atoms with Gasteiger partial charge in [0.15, 0.2) is 0 Å². The number of ether oxygens (including phenoxy) is 2. The molecule has 0 aliphatic carbocycles. The highest BCUT2D eigenvalue weighted by Gasteiger charge is 1.97. The van der Waals surface area contributed by atoms with E-state index in [1.807, 2.05) is 61.5 Å². The molecule has 3 heteroatoms. The second-order valence-corrected chi connectivity index (χ2v) is 4.16. The molecule has 3 nitrogen and oxygen atoms in total. The van der Waals surface area contributed by atoms with Crippen LogP contribution < -0.4 is 4.74 Å². The molecule has 0 radical (unpaired) electrons. The van der Waals surface area contributed by atoms with Gasteiger partial charge in [-0.1, -0.05) is 24.1 Å². The smallest absolute Gasteiger partial charge is 0.268 e. The van der Waals surface area contributed by atoms with Gasteiger partial charge in [0.05, 0.1) is 19.4 Å². The van der Waals surface area contributed by atoms with Gasteiger partial charge in [-0.15, -0.1) is 0 Å². The van der Waals surface area contributed by atoms with E-state index in [4.69, 9.17) is 9.47 Å². The fourth-order valence-electron chi connectivity index (χ4n) is 1.65. The van der Waals surface area contributed by atoms with E-state index < -0.39 is 0 Å². The molecule has 0 amide bonds. The number of methoxy groups -OCH3 is 1. The molecule has 0 unspecified atom stereocenters. The number of rotatable bonds is 3. The Hall–Kier alpha value is -2.73. The van der Waals surface area contributed by atoms with Gasteiger partial charge in [0, 0.05) is 5.56 Å². The average Bonchev–Trinajstić information content (AvgIpc) is 2.54. The molecule has 2 aromatic carbocycles. The first-order chi connectivity index (χ1) is 10.3. The van der Waals surface area contributed by atoms with Crippen molar-refractivity contribution in [1.82, 2.24) is 0 Å². The fraction of sp³-hybridized carbons (Fsp3) is 0.167. The topological polar surface area (TPSA) is 30.8 Å². The number of hydrogen-bond acceptors (Lipinski definition) is 3. The van der Waals surface area contributed by atoms with Gasteiger partial charge >= 0.3 is 0 Å². The molecule has 0 atom stereocenters. The normalized spacial score (nSPS) is 10.5. The lowest BCUT2D eigenvalue weighted by atomic mass is 10.2. The van der Waals surface area contributed by atoms with Crippen LogP contribution in [-0.4, -0.2) is 19.6 Å². The van der Waals surface area contributed by atoms with Crippen molar-refractivity contribution >= 4 is 11.6 Å². The summed E-state index contributed by atoms with van der Waals surface area (Å²) in [6, 6.07) is 17.2. The van der Waals surface area contributed by atoms with Crippen LogP contribution in [0.4, 0.5) is 5.69 Å². The molecule has 0 aromatic heterocycles. The molecule has 0 aliphatic heterocycles. The van der Waals surface area contributed by atoms with Crippen molar-refractivity contribution in [1.29, 1.82) is 0 Å². The Bertz CT molecular complexity index is 649. The Labute approximate surface area is 125 Å². The highest BCUT2D eigenvalue weighted by molar-refractivity contribution is 5.96. The van der Waals surface area contributed by atoms with Crippen molar-refractivity contribution in [2.24, 2.45) is 4.99 Å². The van der Waals surface area contributed by atoms with Gasteiger partial charge < -0.3 is 9.47 Å². The van der Waals surface area contributed by atoms with Gasteiger partial charge in [0.25, 0.3) is 5.90 Å². The van der Waals surface area contributed by atoms with Crippen LogP contribution in [0.1, 0.15) is 12.5 Å². The van der Waals surface area contributed by atoms with E-state index in [-0.39, 0.29) is 0 Å². The summed E-state index contributed by atoms with van der Waals surface area (Å²) in [5.74, 6) is 7.21. The maximum Gasteiger partial charge on any atom is 0.268 e. The predicted octanol–water partition coefficient (Wildman–Crippen LogP) is 3.81. The molecule has 2 aromatic rings. The molecule has 2 rings (SSSR count). The van der Waals surface area contributed by atoms with Crippen LogP contribution >= 0.6 is 0 Å². The lowest BCUT2D eigenvalue weighted by Gasteiger charge is -2.02. The molecule has 0 fully saturated rings. The van der Waals surface area contributed by atoms with Crippen LogP contribution in [0.25, 0.3) is 0 Å². The Balaban J connectivity index is 2.21. The molecule has 0 bridgehead atoms. The maximum atomic E-state index is 5.47. The van der Waals surface area contributed by atoms with E-state index in [0.717, 1.165) is 17.0 Å². The highest BCUT2D eigenvalue weighted by Crippen LogP contribution is 2.17. The van der Waals surface area contributed by atoms with Gasteiger partial charge in [0.2, 0.25) is 0 Å². The molecular formula is C18H17NO2. The molecule has 0 aliphatic rings. The van der Waals surface area contributed by atoms with Crippen molar-refractivity contribution in [2.45, 2.75) is 6.92 Å². The summed E-state index contributed by atoms with van der Waals surface area (Å²) >= 11 is 0. The van der Waals surface area contributed by atoms with E-state index in [1.165, 1.54) is 0 Å². The number of nitrogens with zero attached hydrogens (tertiary/aromatic N) is 1. The Morgan fingerprint density at radius 2 is 1.76 bits per heavy atom. The quantitative estimate of drug-likeness (QED) is 0.486. The van der Waals surface area contributed by atoms with E-state index >= 15 is 0 Å². The summed E-state index contributed by atoms with van der Waals surface area (Å²) in [5, 5.41) is 0. The second-order valence-electron chi connectivity index (χ2n) is 4.16. The molecule has 0 saturated heterocycles. The van der Waals surface area contributed by atoms with Crippen LogP contribution in [0.2, 0.25) is 0 Å². The lowest BCUT2D eigenvalue weighted by molar-refractivity contribution is 0.332. The average molecular weight is 279 g/mol. The molecule has 21 heavy (non-hydrogen) atoms. The minimum Gasteiger partial charge on any atom is -0.497 e. The summed E-state index contributed by atoms with van der Waals surface area (Å²) in [4.78, 5) is 4.40. The number of hydrogen-bond donors (Lipinski definition) is 0. The maximum absolute atomic E-state index is 5.47. The Morgan fingerprint density at radius 1 is 1.05 bits per heavy atom. The van der Waals surface area contributed by atoms with E-state index in [9.17, 15) is 0 Å². The predicted molar refractivity (Wildman–Crippen MR) is 85.0 cm³/mol. The van der Waals surface area contributed by atoms with Gasteiger partial charge in [-0.2, -0.15) is 0 Å². The monoisotopic (exact) mass is 279 g/mol. The molecule has 0 N–H and O–H groups in total. The van der Waals surface area contributed by atoms with Crippen molar-refractivity contribution in [3.8, 4) is 17.6 Å². The number of aliphatic imine (C=N–C) groups is 1. The lowest BCUT2D eigenvalue weighted by Crippen LogP contribution is -2.00. The first-order valence-electron chi connectivity index (χ1n) is 6.74. The molecule has 106 valence electrons. The zero-order chi connectivity index (χ0) is 14.9. The third kappa shape index (κ3) is 4.70. The third-order valence-electron chi connectivity index (χ3n) is 2.67. The summed E-state index contributed by atoms with van der Waals surface area (Å²) < 4.78 is 10.6. The van der Waals surface area contributed by atoms with Crippen LogP contribution in [0.15, 0.2) is 59.6 Å². The van der Waals surface area contributed by atoms with Crippen molar-refractivity contribution < 1.29 is 9.47 Å². The first kappa shape index (κ1) is 14.7. The van der Waals surface area contributed by atoms with Crippen molar-refractivity contribution in [3.05, 3.63) is 60.2 Å². The van der Waals surface area contributed by atoms with Gasteiger partial charge in [-0.05, 0) is 49.2 Å². The first-order valence-corrected chi connectivity index (χ1v) is 6.74. The SMILES string of the molecule is CCOC(C#Cc1ccccc1)=Nc1ccc(OC)cc1. The summed E-state index contributed by atoms with van der Waals surface area (Å²) in [5.41, 5.74) is 1.71. The number of benzene rings is 2. The zero-order valence-electron chi connectivity index (χ0n) is 12.2. The third-order valence-corrected chi connectivity index (χ3v) is 2.67. The van der Waals surface area contributed by atoms with Crippen molar-refractivity contribution in [3.63, 3.8) is 0 Å². The van der Waals surface area contributed by atoms with E-state index in [0.29, 0.717) is 12.5 Å². The van der Waals surface area contributed by atoms with E-state index in [1.54, 1.807) is 7.11 Å². The standard InChI is InChI=1S/C18H17NO2/c1-3-21-18(14-9-15-7-5-4-6-8-15)19-16-10-12-17(20-2)13-11-16/h4-8,10-13H,3H2,1-2H3. The fourth-order valence-corrected chi connectivity index (χ4v) is 1.65. The van der Waals surface area contributed by atoms with Crippen LogP contribution in [0.5, 0.6) is 5.75 Å². The Morgan fingerprint density at radius 3 is 2.38 bits per heavy atom. The largest absolute Gasteiger partial charge is 0.497 e. The van der Waals surface area contributed by atoms with E-state index in [2.05, 4.69) is 16.8 Å². The molecular weight excluding hydrogens is 262 g/mol. The minimum atomic E-state index is 0.409. The van der Waals surface area contributed by atoms with Crippen LogP contribution in [-0.2, 0) is 4.74 Å². The van der Waals surface area contributed by atoms with Crippen LogP contribution in [0.3, 0.4) is 0 Å². The Kier molecular flexibility index (Phi) is 5.42. The van der Waals surface area contributed by atoms with Gasteiger partial charge in [0.1, 0.15) is 5.75 Å².